The number of aromatic amines is 1. The summed E-state index contributed by atoms with van der Waals surface area (Å²) in [5, 5.41) is 34.6. The van der Waals surface area contributed by atoms with E-state index in [4.69, 9.17) is 9.84 Å². The van der Waals surface area contributed by atoms with Crippen LogP contribution in [0, 0.1) is 11.8 Å². The Morgan fingerprint density at radius 2 is 1.56 bits per heavy atom. The van der Waals surface area contributed by atoms with Crippen LogP contribution in [0.5, 0.6) is 0 Å². The lowest BCUT2D eigenvalue weighted by molar-refractivity contribution is -0.137. The number of hydrogen-bond donors (Lipinski definition) is 8. The maximum absolute atomic E-state index is 14.3. The third kappa shape index (κ3) is 18.6. The Morgan fingerprint density at radius 1 is 0.881 bits per heavy atom. The van der Waals surface area contributed by atoms with Crippen LogP contribution in [0.15, 0.2) is 42.9 Å². The van der Waals surface area contributed by atoms with Gasteiger partial charge in [-0.3, -0.25) is 24.0 Å². The van der Waals surface area contributed by atoms with Gasteiger partial charge in [-0.2, -0.15) is 0 Å². The number of carbonyl (C=O) groups is 6. The summed E-state index contributed by atoms with van der Waals surface area (Å²) in [7, 11) is 0. The quantitative estimate of drug-likeness (QED) is 0.0706. The largest absolute Gasteiger partial charge is 0.481 e. The zero-order chi connectivity index (χ0) is 43.4. The number of hydrogen-bond acceptors (Lipinski definition) is 9. The first kappa shape index (κ1) is 48.4. The highest BCUT2D eigenvalue weighted by Crippen LogP contribution is 2.28. The lowest BCUT2D eigenvalue weighted by atomic mass is 9.83. The molecule has 328 valence electrons. The minimum Gasteiger partial charge on any atom is -0.481 e. The number of rotatable bonds is 24. The van der Waals surface area contributed by atoms with Crippen molar-refractivity contribution in [1.29, 1.82) is 0 Å². The number of nitrogens with zero attached hydrogens (tertiary/aromatic N) is 1. The molecule has 1 fully saturated rings. The van der Waals surface area contributed by atoms with Crippen LogP contribution in [0.1, 0.15) is 123 Å². The van der Waals surface area contributed by atoms with Crippen molar-refractivity contribution in [3.63, 3.8) is 0 Å². The van der Waals surface area contributed by atoms with E-state index in [1.54, 1.807) is 20.8 Å². The minimum absolute atomic E-state index is 0.0139. The molecule has 16 nitrogen and oxygen atoms in total. The summed E-state index contributed by atoms with van der Waals surface area (Å²) in [6, 6.07) is 5.12. The lowest BCUT2D eigenvalue weighted by Gasteiger charge is -2.32. The molecule has 0 saturated heterocycles. The number of nitrogens with one attached hydrogen (secondary N) is 6. The molecular weight excluding hydrogens is 759 g/mol. The van der Waals surface area contributed by atoms with Gasteiger partial charge in [0, 0.05) is 37.7 Å². The molecule has 6 atom stereocenters. The van der Waals surface area contributed by atoms with E-state index in [2.05, 4.69) is 36.6 Å². The summed E-state index contributed by atoms with van der Waals surface area (Å²) in [5.41, 5.74) is 0.510. The summed E-state index contributed by atoms with van der Waals surface area (Å²) in [6.45, 7) is 9.22. The summed E-state index contributed by atoms with van der Waals surface area (Å²) in [6.07, 6.45) is 8.36. The van der Waals surface area contributed by atoms with Crippen LogP contribution >= 0.6 is 0 Å². The molecule has 1 aliphatic carbocycles. The monoisotopic (exact) mass is 826 g/mol. The van der Waals surface area contributed by atoms with Crippen molar-refractivity contribution in [3.05, 3.63) is 54.1 Å². The van der Waals surface area contributed by atoms with E-state index in [0.717, 1.165) is 37.7 Å². The smallest absolute Gasteiger partial charge is 0.408 e. The summed E-state index contributed by atoms with van der Waals surface area (Å²) < 4.78 is 5.45. The molecule has 0 radical (unpaired) electrons. The van der Waals surface area contributed by atoms with Crippen LogP contribution < -0.4 is 26.6 Å². The number of aliphatic hydroxyl groups is 1. The molecule has 2 aromatic rings. The van der Waals surface area contributed by atoms with Crippen LogP contribution in [0.3, 0.4) is 0 Å². The van der Waals surface area contributed by atoms with Crippen LogP contribution in [0.4, 0.5) is 4.79 Å². The van der Waals surface area contributed by atoms with Gasteiger partial charge < -0.3 is 46.5 Å². The van der Waals surface area contributed by atoms with Crippen molar-refractivity contribution >= 4 is 35.7 Å². The van der Waals surface area contributed by atoms with E-state index in [9.17, 15) is 33.9 Å². The normalized spacial score (nSPS) is 16.3. The predicted molar refractivity (Wildman–Crippen MR) is 222 cm³/mol. The lowest BCUT2D eigenvalue weighted by Crippen LogP contribution is -2.58. The number of amides is 5. The topological polar surface area (TPSA) is 241 Å². The van der Waals surface area contributed by atoms with Crippen molar-refractivity contribution in [2.45, 2.75) is 160 Å². The molecule has 0 unspecified atom stereocenters. The Hall–Kier alpha value is -4.99. The number of alkyl carbamates (subject to hydrolysis) is 1. The zero-order valence-electron chi connectivity index (χ0n) is 35.4. The fourth-order valence-electron chi connectivity index (χ4n) is 7.15. The third-order valence-corrected chi connectivity index (χ3v) is 10.6. The van der Waals surface area contributed by atoms with Gasteiger partial charge in [0.2, 0.25) is 23.6 Å². The Kier molecular flexibility index (Phi) is 20.4. The Morgan fingerprint density at radius 3 is 2.19 bits per heavy atom. The van der Waals surface area contributed by atoms with E-state index in [1.165, 1.54) is 12.5 Å². The second kappa shape index (κ2) is 24.8. The van der Waals surface area contributed by atoms with Crippen molar-refractivity contribution < 1.29 is 43.7 Å². The summed E-state index contributed by atoms with van der Waals surface area (Å²) >= 11 is 0. The van der Waals surface area contributed by atoms with Gasteiger partial charge in [0.15, 0.2) is 0 Å². The maximum atomic E-state index is 14.3. The van der Waals surface area contributed by atoms with Gasteiger partial charge in [0.1, 0.15) is 23.7 Å². The molecule has 0 bridgehead atoms. The standard InChI is InChI=1S/C43H67N7O9/c1-6-28(2)38(41(57)45-21-15-9-14-20-37(53)54)50-36(52)25-35(51)32(22-29-16-10-7-11-17-29)47-40(56)34(24-31-26-44-27-46-31)48-39(55)33(23-30-18-12-8-13-19-30)49-42(58)59-43(3,4)5/h8,12-13,18-19,26-29,32-35,38,51H,6-7,9-11,14-17,20-25H2,1-5H3,(H,44,46)(H,45,57)(H,47,56)(H,48,55)(H,49,58)(H,50,52)(H,53,54)/t28-,32-,33-,34-,35-,38-/m0/s1. The van der Waals surface area contributed by atoms with E-state index >= 15 is 0 Å². The van der Waals surface area contributed by atoms with Crippen molar-refractivity contribution in [2.75, 3.05) is 6.54 Å². The van der Waals surface area contributed by atoms with Gasteiger partial charge in [-0.15, -0.1) is 0 Å². The van der Waals surface area contributed by atoms with Crippen molar-refractivity contribution in [2.24, 2.45) is 11.8 Å². The van der Waals surface area contributed by atoms with Crippen LogP contribution in [-0.2, 0) is 41.6 Å². The van der Waals surface area contributed by atoms with Crippen LogP contribution in [0.25, 0.3) is 0 Å². The first-order chi connectivity index (χ1) is 28.0. The number of carbonyl (C=O) groups excluding carboxylic acids is 5. The fraction of sp³-hybridized carbons (Fsp3) is 0.651. The molecule has 8 N–H and O–H groups in total. The number of carboxylic acid groups (broad SMARTS) is 1. The van der Waals surface area contributed by atoms with Gasteiger partial charge in [0.05, 0.1) is 24.9 Å². The molecule has 59 heavy (non-hydrogen) atoms. The van der Waals surface area contributed by atoms with Crippen LogP contribution in [-0.4, -0.2) is 98.3 Å². The SMILES string of the molecule is CC[C@H](C)[C@H](NC(=O)C[C@H](O)[C@H](CC1CCCCC1)NC(=O)[C@H](Cc1cnc[nH]1)NC(=O)[C@H](Cc1ccccc1)NC(=O)OC(C)(C)C)C(=O)NCCCCCC(=O)O. The number of imidazole rings is 1. The minimum atomic E-state index is -1.32. The Balaban J connectivity index is 1.78. The molecule has 1 aromatic heterocycles. The van der Waals surface area contributed by atoms with E-state index in [-0.39, 0.29) is 43.4 Å². The number of unbranched alkanes of at least 4 members (excludes halogenated alkanes) is 2. The highest BCUT2D eigenvalue weighted by Gasteiger charge is 2.34. The number of benzene rings is 1. The highest BCUT2D eigenvalue weighted by molar-refractivity contribution is 5.92. The van der Waals surface area contributed by atoms with Gasteiger partial charge in [0.25, 0.3) is 0 Å². The number of aliphatic carboxylic acids is 1. The number of ether oxygens (including phenoxy) is 1. The molecule has 16 heteroatoms. The summed E-state index contributed by atoms with van der Waals surface area (Å²) in [5.74, 6) is -3.03. The van der Waals surface area contributed by atoms with E-state index < -0.39 is 65.7 Å². The number of carboxylic acids is 1. The molecule has 1 saturated carbocycles. The molecule has 5 amide bonds. The summed E-state index contributed by atoms with van der Waals surface area (Å²) in [4.78, 5) is 85.7. The molecule has 3 rings (SSSR count). The molecule has 0 aliphatic heterocycles. The second-order valence-corrected chi connectivity index (χ2v) is 16.8. The molecule has 1 aliphatic rings. The fourth-order valence-corrected chi connectivity index (χ4v) is 7.15. The highest BCUT2D eigenvalue weighted by atomic mass is 16.6. The molecular formula is C43H67N7O9. The molecule has 0 spiro atoms. The Bertz CT molecular complexity index is 1610. The second-order valence-electron chi connectivity index (χ2n) is 16.8. The number of aliphatic hydroxyl groups excluding tert-OH is 1. The average Bonchev–Trinajstić information content (AvgIpc) is 3.70. The van der Waals surface area contributed by atoms with E-state index in [1.807, 2.05) is 44.2 Å². The zero-order valence-corrected chi connectivity index (χ0v) is 35.4. The Labute approximate surface area is 348 Å². The average molecular weight is 826 g/mol. The van der Waals surface area contributed by atoms with Gasteiger partial charge in [-0.05, 0) is 57.4 Å². The van der Waals surface area contributed by atoms with E-state index in [0.29, 0.717) is 44.3 Å². The van der Waals surface area contributed by atoms with Crippen molar-refractivity contribution in [1.82, 2.24) is 36.6 Å². The first-order valence-corrected chi connectivity index (χ1v) is 21.1. The predicted octanol–water partition coefficient (Wildman–Crippen LogP) is 4.07. The molecule has 1 heterocycles. The van der Waals surface area contributed by atoms with Crippen LogP contribution in [0.2, 0.25) is 0 Å². The third-order valence-electron chi connectivity index (χ3n) is 10.6. The first-order valence-electron chi connectivity index (χ1n) is 21.1. The maximum Gasteiger partial charge on any atom is 0.408 e. The molecule has 1 aromatic carbocycles. The van der Waals surface area contributed by atoms with Gasteiger partial charge in [-0.25, -0.2) is 9.78 Å². The van der Waals surface area contributed by atoms with Gasteiger partial charge >= 0.3 is 12.1 Å². The number of H-pyrrole nitrogens is 1. The van der Waals surface area contributed by atoms with Gasteiger partial charge in [-0.1, -0.05) is 89.1 Å². The number of aromatic nitrogens is 2. The van der Waals surface area contributed by atoms with Crippen molar-refractivity contribution in [3.8, 4) is 0 Å².